The molecule has 0 aliphatic heterocycles. The Morgan fingerprint density at radius 3 is 2.55 bits per heavy atom. The average molecular weight is 474 g/mol. The monoisotopic (exact) mass is 473 g/mol. The third kappa shape index (κ3) is 7.20. The van der Waals surface area contributed by atoms with Crippen molar-refractivity contribution in [2.24, 2.45) is 5.92 Å². The van der Waals surface area contributed by atoms with Crippen LogP contribution < -0.4 is 20.1 Å². The van der Waals surface area contributed by atoms with E-state index in [1.54, 1.807) is 12.1 Å². The SMILES string of the molecule is COc1cc(NC(C)=O)ccc1S(=O)(=O)Nc1ccccc1CNC(C)CC1CCCCC1. The van der Waals surface area contributed by atoms with Gasteiger partial charge in [0.05, 0.1) is 12.8 Å². The molecular formula is C25H35N3O4S. The number of ether oxygens (including phenoxy) is 1. The smallest absolute Gasteiger partial charge is 0.265 e. The molecule has 3 rings (SSSR count). The van der Waals surface area contributed by atoms with Crippen LogP contribution in [0.3, 0.4) is 0 Å². The van der Waals surface area contributed by atoms with Crippen LogP contribution in [0.25, 0.3) is 0 Å². The molecule has 1 amide bonds. The van der Waals surface area contributed by atoms with Crippen LogP contribution in [0.2, 0.25) is 0 Å². The fourth-order valence-corrected chi connectivity index (χ4v) is 5.69. The van der Waals surface area contributed by atoms with Crippen LogP contribution in [0.1, 0.15) is 57.9 Å². The van der Waals surface area contributed by atoms with E-state index in [9.17, 15) is 13.2 Å². The summed E-state index contributed by atoms with van der Waals surface area (Å²) in [7, 11) is -2.50. The first-order valence-electron chi connectivity index (χ1n) is 11.6. The zero-order valence-electron chi connectivity index (χ0n) is 19.7. The van der Waals surface area contributed by atoms with E-state index < -0.39 is 10.0 Å². The summed E-state index contributed by atoms with van der Waals surface area (Å²) in [6.45, 7) is 4.16. The number of sulfonamides is 1. The Kier molecular flexibility index (Phi) is 8.74. The van der Waals surface area contributed by atoms with Crippen molar-refractivity contribution in [2.75, 3.05) is 17.1 Å². The third-order valence-corrected chi connectivity index (χ3v) is 7.49. The fourth-order valence-electron chi connectivity index (χ4n) is 4.43. The molecule has 180 valence electrons. The van der Waals surface area contributed by atoms with Crippen LogP contribution >= 0.6 is 0 Å². The van der Waals surface area contributed by atoms with Crippen molar-refractivity contribution < 1.29 is 17.9 Å². The molecule has 1 aliphatic carbocycles. The van der Waals surface area contributed by atoms with E-state index in [4.69, 9.17) is 4.74 Å². The minimum atomic E-state index is -3.90. The molecule has 2 aromatic rings. The molecule has 0 saturated heterocycles. The first-order valence-corrected chi connectivity index (χ1v) is 13.1. The quantitative estimate of drug-likeness (QED) is 0.456. The molecule has 0 spiro atoms. The molecule has 1 atom stereocenters. The van der Waals surface area contributed by atoms with Crippen molar-refractivity contribution >= 4 is 27.3 Å². The van der Waals surface area contributed by atoms with Crippen LogP contribution in [0, 0.1) is 5.92 Å². The molecule has 2 aromatic carbocycles. The van der Waals surface area contributed by atoms with Gasteiger partial charge in [0, 0.05) is 31.3 Å². The lowest BCUT2D eigenvalue weighted by atomic mass is 9.85. The minimum absolute atomic E-state index is 0.00697. The van der Waals surface area contributed by atoms with Crippen LogP contribution in [0.4, 0.5) is 11.4 Å². The second kappa shape index (κ2) is 11.5. The predicted molar refractivity (Wildman–Crippen MR) is 132 cm³/mol. The Balaban J connectivity index is 1.71. The Morgan fingerprint density at radius 1 is 1.12 bits per heavy atom. The van der Waals surface area contributed by atoms with Crippen molar-refractivity contribution in [1.82, 2.24) is 5.32 Å². The molecule has 0 heterocycles. The number of carbonyl (C=O) groups is 1. The molecule has 3 N–H and O–H groups in total. The predicted octanol–water partition coefficient (Wildman–Crippen LogP) is 4.90. The molecule has 33 heavy (non-hydrogen) atoms. The van der Waals surface area contributed by atoms with E-state index in [1.165, 1.54) is 58.3 Å². The van der Waals surface area contributed by atoms with Crippen molar-refractivity contribution in [3.05, 3.63) is 48.0 Å². The highest BCUT2D eigenvalue weighted by Crippen LogP contribution is 2.30. The number of para-hydroxylation sites is 1. The molecule has 0 aromatic heterocycles. The van der Waals surface area contributed by atoms with Gasteiger partial charge in [-0.25, -0.2) is 8.42 Å². The zero-order valence-corrected chi connectivity index (χ0v) is 20.5. The van der Waals surface area contributed by atoms with Gasteiger partial charge in [-0.15, -0.1) is 0 Å². The second-order valence-electron chi connectivity index (χ2n) is 8.83. The van der Waals surface area contributed by atoms with Gasteiger partial charge >= 0.3 is 0 Å². The largest absolute Gasteiger partial charge is 0.495 e. The lowest BCUT2D eigenvalue weighted by Crippen LogP contribution is -2.29. The van der Waals surface area contributed by atoms with E-state index in [1.807, 2.05) is 18.2 Å². The molecule has 0 bridgehead atoms. The molecule has 1 saturated carbocycles. The molecular weight excluding hydrogens is 438 g/mol. The highest BCUT2D eigenvalue weighted by molar-refractivity contribution is 7.92. The van der Waals surface area contributed by atoms with E-state index in [0.717, 1.165) is 17.9 Å². The van der Waals surface area contributed by atoms with E-state index >= 15 is 0 Å². The summed E-state index contributed by atoms with van der Waals surface area (Å²) >= 11 is 0. The summed E-state index contributed by atoms with van der Waals surface area (Å²) in [5, 5.41) is 6.19. The Bertz CT molecular complexity index is 1050. The highest BCUT2D eigenvalue weighted by atomic mass is 32.2. The van der Waals surface area contributed by atoms with Gasteiger partial charge in [-0.1, -0.05) is 50.3 Å². The number of benzene rings is 2. The normalized spacial score (nSPS) is 15.6. The van der Waals surface area contributed by atoms with Gasteiger partial charge in [-0.3, -0.25) is 9.52 Å². The van der Waals surface area contributed by atoms with Crippen LogP contribution in [-0.2, 0) is 21.4 Å². The van der Waals surface area contributed by atoms with Crippen molar-refractivity contribution in [3.8, 4) is 5.75 Å². The summed E-state index contributed by atoms with van der Waals surface area (Å²) in [5.41, 5.74) is 1.88. The topological polar surface area (TPSA) is 96.5 Å². The number of rotatable bonds is 10. The van der Waals surface area contributed by atoms with E-state index in [0.29, 0.717) is 24.0 Å². The summed E-state index contributed by atoms with van der Waals surface area (Å²) in [6, 6.07) is 12.2. The highest BCUT2D eigenvalue weighted by Gasteiger charge is 2.22. The Hall–Kier alpha value is -2.58. The molecule has 1 fully saturated rings. The molecule has 1 aliphatic rings. The van der Waals surface area contributed by atoms with Crippen molar-refractivity contribution in [2.45, 2.75) is 69.9 Å². The summed E-state index contributed by atoms with van der Waals surface area (Å²) in [4.78, 5) is 11.3. The first kappa shape index (κ1) is 25.1. The Morgan fingerprint density at radius 2 is 1.85 bits per heavy atom. The fraction of sp³-hybridized carbons (Fsp3) is 0.480. The summed E-state index contributed by atoms with van der Waals surface area (Å²) in [5.74, 6) is 0.693. The number of methoxy groups -OCH3 is 1. The van der Waals surface area contributed by atoms with Gasteiger partial charge in [0.2, 0.25) is 5.91 Å². The van der Waals surface area contributed by atoms with Gasteiger partial charge in [-0.2, -0.15) is 0 Å². The number of carbonyl (C=O) groups excluding carboxylic acids is 1. The van der Waals surface area contributed by atoms with Crippen molar-refractivity contribution in [1.29, 1.82) is 0 Å². The van der Waals surface area contributed by atoms with Crippen LogP contribution in [0.5, 0.6) is 5.75 Å². The summed E-state index contributed by atoms with van der Waals surface area (Å²) < 4.78 is 34.3. The third-order valence-electron chi connectivity index (χ3n) is 6.09. The van der Waals surface area contributed by atoms with Gasteiger partial charge in [0.1, 0.15) is 10.6 Å². The zero-order chi connectivity index (χ0) is 23.8. The number of hydrogen-bond donors (Lipinski definition) is 3. The number of nitrogens with one attached hydrogen (secondary N) is 3. The van der Waals surface area contributed by atoms with E-state index in [2.05, 4.69) is 22.3 Å². The maximum absolute atomic E-state index is 13.2. The molecule has 1 unspecified atom stereocenters. The first-order chi connectivity index (χ1) is 15.8. The maximum Gasteiger partial charge on any atom is 0.265 e. The standard InChI is InChI=1S/C25H35N3O4S/c1-18(15-20-9-5-4-6-10-20)26-17-21-11-7-8-12-23(21)28-33(30,31)25-14-13-22(27-19(2)29)16-24(25)32-3/h7-8,11-14,16,18,20,26,28H,4-6,9-10,15,17H2,1-3H3,(H,27,29). The molecule has 0 radical (unpaired) electrons. The maximum atomic E-state index is 13.2. The second-order valence-corrected chi connectivity index (χ2v) is 10.5. The van der Waals surface area contributed by atoms with E-state index in [-0.39, 0.29) is 16.6 Å². The number of amides is 1. The number of hydrogen-bond acceptors (Lipinski definition) is 5. The lowest BCUT2D eigenvalue weighted by Gasteiger charge is -2.25. The summed E-state index contributed by atoms with van der Waals surface area (Å²) in [6.07, 6.45) is 7.78. The minimum Gasteiger partial charge on any atom is -0.495 e. The average Bonchev–Trinajstić information content (AvgIpc) is 2.78. The van der Waals surface area contributed by atoms with Crippen LogP contribution in [-0.4, -0.2) is 27.5 Å². The van der Waals surface area contributed by atoms with Crippen LogP contribution in [0.15, 0.2) is 47.4 Å². The van der Waals surface area contributed by atoms with Crippen molar-refractivity contribution in [3.63, 3.8) is 0 Å². The van der Waals surface area contributed by atoms with Gasteiger partial charge in [0.25, 0.3) is 10.0 Å². The number of anilines is 2. The molecule has 7 nitrogen and oxygen atoms in total. The van der Waals surface area contributed by atoms with Gasteiger partial charge < -0.3 is 15.4 Å². The van der Waals surface area contributed by atoms with Gasteiger partial charge in [0.15, 0.2) is 0 Å². The lowest BCUT2D eigenvalue weighted by molar-refractivity contribution is -0.114. The molecule has 8 heteroatoms. The van der Waals surface area contributed by atoms with Gasteiger partial charge in [-0.05, 0) is 43.0 Å². The Labute approximate surface area is 197 Å².